The van der Waals surface area contributed by atoms with Crippen LogP contribution >= 0.6 is 0 Å². The number of aliphatic hydroxyl groups is 1. The van der Waals surface area contributed by atoms with E-state index in [4.69, 9.17) is 0 Å². The van der Waals surface area contributed by atoms with E-state index in [-0.39, 0.29) is 24.2 Å². The first-order valence-electron chi connectivity index (χ1n) is 8.06. The molecule has 0 aromatic heterocycles. The lowest BCUT2D eigenvalue weighted by atomic mass is 10.0. The standard InChI is InChI=1S/C17H26FN3O2/c1-12(2)17(23)19-16(11-22)13-8-14(18)10-15(9-13)21-6-4-20(3)5-7-21/h8-10,12,16,22H,4-7,11H2,1-3H3,(H,19,23)/t16-/m1/s1. The number of hydrogen-bond donors (Lipinski definition) is 2. The van der Waals surface area contributed by atoms with Crippen LogP contribution in [0.1, 0.15) is 25.5 Å². The second-order valence-electron chi connectivity index (χ2n) is 6.43. The summed E-state index contributed by atoms with van der Waals surface area (Å²) < 4.78 is 14.0. The zero-order chi connectivity index (χ0) is 17.0. The summed E-state index contributed by atoms with van der Waals surface area (Å²) in [6.45, 7) is 6.84. The van der Waals surface area contributed by atoms with Gasteiger partial charge in [-0.1, -0.05) is 13.8 Å². The average Bonchev–Trinajstić information content (AvgIpc) is 2.52. The SMILES string of the molecule is CC(C)C(=O)N[C@H](CO)c1cc(F)cc(N2CCN(C)CC2)c1. The smallest absolute Gasteiger partial charge is 0.223 e. The highest BCUT2D eigenvalue weighted by Gasteiger charge is 2.20. The molecule has 1 fully saturated rings. The van der Waals surface area contributed by atoms with Gasteiger partial charge in [0.15, 0.2) is 0 Å². The van der Waals surface area contributed by atoms with Crippen molar-refractivity contribution in [1.29, 1.82) is 0 Å². The Morgan fingerprint density at radius 2 is 1.91 bits per heavy atom. The van der Waals surface area contributed by atoms with Gasteiger partial charge in [-0.15, -0.1) is 0 Å². The first-order valence-corrected chi connectivity index (χ1v) is 8.06. The van der Waals surface area contributed by atoms with Crippen LogP contribution in [0, 0.1) is 11.7 Å². The van der Waals surface area contributed by atoms with E-state index >= 15 is 0 Å². The van der Waals surface area contributed by atoms with E-state index in [1.807, 2.05) is 6.07 Å². The van der Waals surface area contributed by atoms with Crippen molar-refractivity contribution in [2.45, 2.75) is 19.9 Å². The monoisotopic (exact) mass is 323 g/mol. The molecule has 0 aliphatic carbocycles. The molecule has 1 aromatic carbocycles. The Hall–Kier alpha value is -1.66. The van der Waals surface area contributed by atoms with Gasteiger partial charge < -0.3 is 20.2 Å². The molecule has 1 aromatic rings. The predicted octanol–water partition coefficient (Wildman–Crippen LogP) is 1.38. The number of piperazine rings is 1. The zero-order valence-corrected chi connectivity index (χ0v) is 14.1. The van der Waals surface area contributed by atoms with Crippen LogP contribution in [0.25, 0.3) is 0 Å². The summed E-state index contributed by atoms with van der Waals surface area (Å²) in [4.78, 5) is 16.2. The molecule has 23 heavy (non-hydrogen) atoms. The molecular formula is C17H26FN3O2. The van der Waals surface area contributed by atoms with Gasteiger partial charge in [0, 0.05) is 37.8 Å². The van der Waals surface area contributed by atoms with Gasteiger partial charge in [0.05, 0.1) is 12.6 Å². The number of rotatable bonds is 5. The number of hydrogen-bond acceptors (Lipinski definition) is 4. The maximum Gasteiger partial charge on any atom is 0.223 e. The van der Waals surface area contributed by atoms with Gasteiger partial charge in [0.1, 0.15) is 5.82 Å². The van der Waals surface area contributed by atoms with Crippen molar-refractivity contribution in [2.75, 3.05) is 44.7 Å². The zero-order valence-electron chi connectivity index (χ0n) is 14.1. The van der Waals surface area contributed by atoms with Crippen LogP contribution in [0.3, 0.4) is 0 Å². The fourth-order valence-corrected chi connectivity index (χ4v) is 2.62. The number of carbonyl (C=O) groups excluding carboxylic acids is 1. The largest absolute Gasteiger partial charge is 0.394 e. The van der Waals surface area contributed by atoms with E-state index in [1.165, 1.54) is 12.1 Å². The van der Waals surface area contributed by atoms with Gasteiger partial charge in [-0.2, -0.15) is 0 Å². The number of nitrogens with zero attached hydrogens (tertiary/aromatic N) is 2. The maximum atomic E-state index is 14.0. The van der Waals surface area contributed by atoms with E-state index in [1.54, 1.807) is 13.8 Å². The highest BCUT2D eigenvalue weighted by molar-refractivity contribution is 5.78. The molecule has 0 bridgehead atoms. The molecule has 1 saturated heterocycles. The molecule has 1 amide bonds. The van der Waals surface area contributed by atoms with Crippen molar-refractivity contribution in [1.82, 2.24) is 10.2 Å². The number of halogens is 1. The lowest BCUT2D eigenvalue weighted by Gasteiger charge is -2.34. The number of benzene rings is 1. The van der Waals surface area contributed by atoms with Crippen LogP contribution < -0.4 is 10.2 Å². The van der Waals surface area contributed by atoms with E-state index in [0.29, 0.717) is 5.56 Å². The predicted molar refractivity (Wildman–Crippen MR) is 88.9 cm³/mol. The number of likely N-dealkylation sites (N-methyl/N-ethyl adjacent to an activating group) is 1. The van der Waals surface area contributed by atoms with E-state index in [9.17, 15) is 14.3 Å². The minimum atomic E-state index is -0.591. The normalized spacial score (nSPS) is 17.4. The number of aliphatic hydroxyl groups excluding tert-OH is 1. The fourth-order valence-electron chi connectivity index (χ4n) is 2.62. The number of nitrogens with one attached hydrogen (secondary N) is 1. The molecular weight excluding hydrogens is 297 g/mol. The Balaban J connectivity index is 2.19. The summed E-state index contributed by atoms with van der Waals surface area (Å²) in [5.41, 5.74) is 1.39. The fraction of sp³-hybridized carbons (Fsp3) is 0.588. The summed E-state index contributed by atoms with van der Waals surface area (Å²) >= 11 is 0. The molecule has 1 atom stereocenters. The molecule has 1 heterocycles. The van der Waals surface area contributed by atoms with Crippen LogP contribution in [0.4, 0.5) is 10.1 Å². The molecule has 0 spiro atoms. The third-order valence-electron chi connectivity index (χ3n) is 4.20. The second-order valence-corrected chi connectivity index (χ2v) is 6.43. The average molecular weight is 323 g/mol. The van der Waals surface area contributed by atoms with Crippen molar-refractivity contribution < 1.29 is 14.3 Å². The van der Waals surface area contributed by atoms with Gasteiger partial charge in [0.2, 0.25) is 5.91 Å². The van der Waals surface area contributed by atoms with Crippen molar-refractivity contribution in [2.24, 2.45) is 5.92 Å². The number of amides is 1. The third kappa shape index (κ3) is 4.65. The molecule has 0 saturated carbocycles. The van der Waals surface area contributed by atoms with Crippen LogP contribution in [-0.4, -0.2) is 55.7 Å². The summed E-state index contributed by atoms with van der Waals surface area (Å²) in [6.07, 6.45) is 0. The highest BCUT2D eigenvalue weighted by atomic mass is 19.1. The molecule has 0 unspecified atom stereocenters. The molecule has 128 valence electrons. The lowest BCUT2D eigenvalue weighted by Crippen LogP contribution is -2.44. The Labute approximate surface area is 137 Å². The van der Waals surface area contributed by atoms with Crippen LogP contribution in [-0.2, 0) is 4.79 Å². The van der Waals surface area contributed by atoms with Gasteiger partial charge >= 0.3 is 0 Å². The molecule has 0 radical (unpaired) electrons. The van der Waals surface area contributed by atoms with Crippen LogP contribution in [0.5, 0.6) is 0 Å². The first kappa shape index (κ1) is 17.7. The molecule has 1 aliphatic rings. The maximum absolute atomic E-state index is 14.0. The third-order valence-corrected chi connectivity index (χ3v) is 4.20. The Kier molecular flexibility index (Phi) is 5.96. The Morgan fingerprint density at radius 3 is 2.48 bits per heavy atom. The minimum Gasteiger partial charge on any atom is -0.394 e. The summed E-state index contributed by atoms with van der Waals surface area (Å²) in [5, 5.41) is 12.3. The van der Waals surface area contributed by atoms with Gasteiger partial charge in [-0.05, 0) is 30.8 Å². The molecule has 1 aliphatic heterocycles. The number of carbonyl (C=O) groups is 1. The topological polar surface area (TPSA) is 55.8 Å². The van der Waals surface area contributed by atoms with Crippen LogP contribution in [0.2, 0.25) is 0 Å². The van der Waals surface area contributed by atoms with Crippen molar-refractivity contribution >= 4 is 11.6 Å². The van der Waals surface area contributed by atoms with Crippen molar-refractivity contribution in [3.05, 3.63) is 29.6 Å². The lowest BCUT2D eigenvalue weighted by molar-refractivity contribution is -0.125. The molecule has 5 nitrogen and oxygen atoms in total. The summed E-state index contributed by atoms with van der Waals surface area (Å²) in [6, 6.07) is 4.15. The van der Waals surface area contributed by atoms with Crippen molar-refractivity contribution in [3.8, 4) is 0 Å². The van der Waals surface area contributed by atoms with Crippen LogP contribution in [0.15, 0.2) is 18.2 Å². The second kappa shape index (κ2) is 7.75. The quantitative estimate of drug-likeness (QED) is 0.860. The van der Waals surface area contributed by atoms with Gasteiger partial charge in [-0.25, -0.2) is 4.39 Å². The van der Waals surface area contributed by atoms with E-state index in [0.717, 1.165) is 31.9 Å². The number of anilines is 1. The minimum absolute atomic E-state index is 0.158. The molecule has 2 rings (SSSR count). The van der Waals surface area contributed by atoms with Crippen molar-refractivity contribution in [3.63, 3.8) is 0 Å². The Bertz CT molecular complexity index is 543. The summed E-state index contributed by atoms with van der Waals surface area (Å²) in [7, 11) is 2.07. The molecule has 2 N–H and O–H groups in total. The van der Waals surface area contributed by atoms with E-state index in [2.05, 4.69) is 22.2 Å². The van der Waals surface area contributed by atoms with E-state index < -0.39 is 6.04 Å². The first-order chi connectivity index (χ1) is 10.9. The van der Waals surface area contributed by atoms with Gasteiger partial charge in [0.25, 0.3) is 0 Å². The van der Waals surface area contributed by atoms with Gasteiger partial charge in [-0.3, -0.25) is 4.79 Å². The summed E-state index contributed by atoms with van der Waals surface area (Å²) in [5.74, 6) is -0.696. The molecule has 6 heteroatoms. The Morgan fingerprint density at radius 1 is 1.26 bits per heavy atom. The highest BCUT2D eigenvalue weighted by Crippen LogP contribution is 2.24.